The number of aliphatic hydroxyl groups excluding tert-OH is 1. The first kappa shape index (κ1) is 15.1. The molecule has 0 saturated heterocycles. The van der Waals surface area contributed by atoms with E-state index in [9.17, 15) is 14.7 Å². The molecule has 0 unspecified atom stereocenters. The zero-order valence-corrected chi connectivity index (χ0v) is 10.8. The van der Waals surface area contributed by atoms with Gasteiger partial charge in [-0.15, -0.1) is 12.4 Å². The molecule has 4 heteroatoms. The molecule has 2 aromatic carbocycles. The maximum atomic E-state index is 11.9. The van der Waals surface area contributed by atoms with Gasteiger partial charge in [-0.25, -0.2) is 0 Å². The van der Waals surface area contributed by atoms with Crippen LogP contribution < -0.4 is 0 Å². The summed E-state index contributed by atoms with van der Waals surface area (Å²) in [4.78, 5) is 23.8. The lowest BCUT2D eigenvalue weighted by Gasteiger charge is -2.08. The first-order valence-electron chi connectivity index (χ1n) is 5.57. The molecule has 0 saturated carbocycles. The number of aliphatic hydroxyl groups is 1. The molecule has 2 aromatic rings. The third-order valence-electron chi connectivity index (χ3n) is 2.61. The Morgan fingerprint density at radius 1 is 0.737 bits per heavy atom. The summed E-state index contributed by atoms with van der Waals surface area (Å²) in [6, 6.07) is 16.6. The molecule has 98 valence electrons. The second kappa shape index (κ2) is 6.83. The average Bonchev–Trinajstić information content (AvgIpc) is 2.47. The Balaban J connectivity index is 0.00000180. The van der Waals surface area contributed by atoms with Crippen LogP contribution >= 0.6 is 12.4 Å². The van der Waals surface area contributed by atoms with Gasteiger partial charge in [0.05, 0.1) is 0 Å². The number of carbonyl (C=O) groups excluding carboxylic acids is 2. The van der Waals surface area contributed by atoms with E-state index in [4.69, 9.17) is 0 Å². The smallest absolute Gasteiger partial charge is 0.199 e. The molecule has 0 aliphatic heterocycles. The van der Waals surface area contributed by atoms with Gasteiger partial charge >= 0.3 is 0 Å². The number of carbonyl (C=O) groups is 2. The predicted octanol–water partition coefficient (Wildman–Crippen LogP) is 2.53. The standard InChI is InChI=1S/C15H12O3.ClH/c16-13(11-7-3-1-4-8-11)15(18)14(17)12-9-5-2-6-10-12;/h1-10,15,18H;1H. The Labute approximate surface area is 117 Å². The molecular formula is C15H13ClO3. The number of hydrogen-bond donors (Lipinski definition) is 1. The minimum absolute atomic E-state index is 0. The largest absolute Gasteiger partial charge is 0.377 e. The van der Waals surface area contributed by atoms with E-state index >= 15 is 0 Å². The van der Waals surface area contributed by atoms with E-state index in [0.29, 0.717) is 11.1 Å². The summed E-state index contributed by atoms with van der Waals surface area (Å²) in [6.45, 7) is 0. The summed E-state index contributed by atoms with van der Waals surface area (Å²) >= 11 is 0. The Kier molecular flexibility index (Phi) is 5.42. The molecule has 0 aliphatic rings. The second-order valence-corrected chi connectivity index (χ2v) is 3.86. The van der Waals surface area contributed by atoms with E-state index in [-0.39, 0.29) is 12.4 Å². The van der Waals surface area contributed by atoms with Gasteiger partial charge in [0.15, 0.2) is 17.7 Å². The highest BCUT2D eigenvalue weighted by atomic mass is 35.5. The van der Waals surface area contributed by atoms with Crippen molar-refractivity contribution in [2.45, 2.75) is 6.10 Å². The molecule has 0 aromatic heterocycles. The molecule has 0 atom stereocenters. The lowest BCUT2D eigenvalue weighted by atomic mass is 9.99. The fourth-order valence-corrected chi connectivity index (χ4v) is 1.64. The SMILES string of the molecule is Cl.O=C(c1ccccc1)C(O)C(=O)c1ccccc1. The van der Waals surface area contributed by atoms with Crippen LogP contribution in [0.3, 0.4) is 0 Å². The molecule has 0 fully saturated rings. The highest BCUT2D eigenvalue weighted by Crippen LogP contribution is 2.09. The van der Waals surface area contributed by atoms with Crippen LogP contribution in [-0.4, -0.2) is 22.8 Å². The topological polar surface area (TPSA) is 54.4 Å². The zero-order valence-electron chi connectivity index (χ0n) is 10.0. The Hall–Kier alpha value is -1.97. The Bertz CT molecular complexity index is 501. The van der Waals surface area contributed by atoms with E-state index in [1.165, 1.54) is 0 Å². The maximum Gasteiger partial charge on any atom is 0.199 e. The van der Waals surface area contributed by atoms with Crippen LogP contribution in [0.1, 0.15) is 20.7 Å². The van der Waals surface area contributed by atoms with Crippen molar-refractivity contribution >= 4 is 24.0 Å². The number of hydrogen-bond acceptors (Lipinski definition) is 3. The average molecular weight is 277 g/mol. The van der Waals surface area contributed by atoms with Crippen molar-refractivity contribution in [3.8, 4) is 0 Å². The molecule has 0 radical (unpaired) electrons. The van der Waals surface area contributed by atoms with Crippen molar-refractivity contribution in [3.05, 3.63) is 71.8 Å². The third kappa shape index (κ3) is 3.50. The van der Waals surface area contributed by atoms with Crippen LogP contribution in [-0.2, 0) is 0 Å². The molecule has 0 spiro atoms. The van der Waals surface area contributed by atoms with Gasteiger partial charge in [-0.05, 0) is 0 Å². The molecule has 1 N–H and O–H groups in total. The normalized spacial score (nSPS) is 9.79. The van der Waals surface area contributed by atoms with Gasteiger partial charge in [-0.2, -0.15) is 0 Å². The van der Waals surface area contributed by atoms with Gasteiger partial charge in [0.25, 0.3) is 0 Å². The minimum atomic E-state index is -1.64. The number of rotatable bonds is 4. The molecule has 0 aliphatic carbocycles. The van der Waals surface area contributed by atoms with Gasteiger partial charge in [0.2, 0.25) is 0 Å². The van der Waals surface area contributed by atoms with E-state index < -0.39 is 17.7 Å². The highest BCUT2D eigenvalue weighted by Gasteiger charge is 2.25. The number of benzene rings is 2. The first-order chi connectivity index (χ1) is 8.70. The minimum Gasteiger partial charge on any atom is -0.377 e. The van der Waals surface area contributed by atoms with E-state index in [0.717, 1.165) is 0 Å². The molecule has 0 heterocycles. The monoisotopic (exact) mass is 276 g/mol. The van der Waals surface area contributed by atoms with Gasteiger partial charge in [-0.1, -0.05) is 60.7 Å². The lowest BCUT2D eigenvalue weighted by Crippen LogP contribution is -2.30. The number of halogens is 1. The van der Waals surface area contributed by atoms with Gasteiger partial charge < -0.3 is 5.11 Å². The van der Waals surface area contributed by atoms with E-state index in [1.807, 2.05) is 0 Å². The molecule has 19 heavy (non-hydrogen) atoms. The molecule has 3 nitrogen and oxygen atoms in total. The van der Waals surface area contributed by atoms with Crippen LogP contribution in [0.25, 0.3) is 0 Å². The van der Waals surface area contributed by atoms with E-state index in [1.54, 1.807) is 60.7 Å². The van der Waals surface area contributed by atoms with Crippen LogP contribution in [0, 0.1) is 0 Å². The zero-order chi connectivity index (χ0) is 13.0. The molecule has 0 bridgehead atoms. The summed E-state index contributed by atoms with van der Waals surface area (Å²) in [6.07, 6.45) is -1.64. The van der Waals surface area contributed by atoms with Crippen LogP contribution in [0.4, 0.5) is 0 Å². The van der Waals surface area contributed by atoms with Gasteiger partial charge in [0.1, 0.15) is 0 Å². The summed E-state index contributed by atoms with van der Waals surface area (Å²) in [5, 5.41) is 9.79. The fraction of sp³-hybridized carbons (Fsp3) is 0.0667. The van der Waals surface area contributed by atoms with Crippen LogP contribution in [0.15, 0.2) is 60.7 Å². The molecule has 2 rings (SSSR count). The third-order valence-corrected chi connectivity index (χ3v) is 2.61. The number of Topliss-reactive ketones (excluding diaryl/α,β-unsaturated/α-hetero) is 2. The second-order valence-electron chi connectivity index (χ2n) is 3.86. The van der Waals surface area contributed by atoms with Gasteiger partial charge in [-0.3, -0.25) is 9.59 Å². The summed E-state index contributed by atoms with van der Waals surface area (Å²) in [7, 11) is 0. The van der Waals surface area contributed by atoms with Crippen molar-refractivity contribution in [1.82, 2.24) is 0 Å². The summed E-state index contributed by atoms with van der Waals surface area (Å²) in [5.74, 6) is -1.16. The highest BCUT2D eigenvalue weighted by molar-refractivity contribution is 6.18. The van der Waals surface area contributed by atoms with Crippen molar-refractivity contribution in [2.75, 3.05) is 0 Å². The van der Waals surface area contributed by atoms with Crippen molar-refractivity contribution in [2.24, 2.45) is 0 Å². The van der Waals surface area contributed by atoms with Gasteiger partial charge in [0, 0.05) is 11.1 Å². The van der Waals surface area contributed by atoms with Crippen LogP contribution in [0.5, 0.6) is 0 Å². The molecular weight excluding hydrogens is 264 g/mol. The fourth-order valence-electron chi connectivity index (χ4n) is 1.64. The first-order valence-corrected chi connectivity index (χ1v) is 5.57. The maximum absolute atomic E-state index is 11.9. The Morgan fingerprint density at radius 3 is 1.37 bits per heavy atom. The number of ketones is 2. The predicted molar refractivity (Wildman–Crippen MR) is 74.8 cm³/mol. The van der Waals surface area contributed by atoms with Crippen LogP contribution in [0.2, 0.25) is 0 Å². The van der Waals surface area contributed by atoms with E-state index in [2.05, 4.69) is 0 Å². The molecule has 0 amide bonds. The van der Waals surface area contributed by atoms with Crippen molar-refractivity contribution in [1.29, 1.82) is 0 Å². The lowest BCUT2D eigenvalue weighted by molar-refractivity contribution is 0.0628. The van der Waals surface area contributed by atoms with Crippen molar-refractivity contribution in [3.63, 3.8) is 0 Å². The summed E-state index contributed by atoms with van der Waals surface area (Å²) in [5.41, 5.74) is 0.656. The Morgan fingerprint density at radius 2 is 1.05 bits per heavy atom. The quantitative estimate of drug-likeness (QED) is 0.690. The summed E-state index contributed by atoms with van der Waals surface area (Å²) < 4.78 is 0. The van der Waals surface area contributed by atoms with Crippen molar-refractivity contribution < 1.29 is 14.7 Å².